The minimum absolute atomic E-state index is 0. The fraction of sp³-hybridized carbons (Fsp3) is 0.611. The van der Waals surface area contributed by atoms with Crippen LogP contribution in [-0.4, -0.2) is 43.2 Å². The number of piperidine rings is 1. The van der Waals surface area contributed by atoms with Gasteiger partial charge in [-0.05, 0) is 36.5 Å². The number of benzene rings is 1. The first-order chi connectivity index (χ1) is 10.9. The lowest BCUT2D eigenvalue weighted by atomic mass is 9.79. The van der Waals surface area contributed by atoms with E-state index in [9.17, 15) is 4.79 Å². The van der Waals surface area contributed by atoms with Crippen molar-refractivity contribution in [2.24, 2.45) is 11.1 Å². The fourth-order valence-corrected chi connectivity index (χ4v) is 2.91. The lowest BCUT2D eigenvalue weighted by molar-refractivity contribution is -0.145. The molecule has 0 bridgehead atoms. The Labute approximate surface area is 150 Å². The van der Waals surface area contributed by atoms with Crippen LogP contribution in [0.5, 0.6) is 5.75 Å². The van der Waals surface area contributed by atoms with Crippen molar-refractivity contribution in [3.8, 4) is 5.75 Å². The Morgan fingerprint density at radius 3 is 2.58 bits per heavy atom. The largest absolute Gasteiger partial charge is 0.482 e. The summed E-state index contributed by atoms with van der Waals surface area (Å²) in [5, 5.41) is 0. The topological polar surface area (TPSA) is 64.8 Å². The van der Waals surface area contributed by atoms with Gasteiger partial charge in [0.2, 0.25) is 0 Å². The van der Waals surface area contributed by atoms with Crippen LogP contribution in [-0.2, 0) is 16.1 Å². The van der Waals surface area contributed by atoms with Gasteiger partial charge in [0, 0.05) is 25.7 Å². The number of nitrogens with zero attached hydrogens (tertiary/aromatic N) is 1. The van der Waals surface area contributed by atoms with Crippen molar-refractivity contribution in [1.29, 1.82) is 0 Å². The minimum Gasteiger partial charge on any atom is -0.482 e. The Balaban J connectivity index is 0.00000288. The van der Waals surface area contributed by atoms with Crippen LogP contribution in [0.2, 0.25) is 0 Å². The average Bonchev–Trinajstić information content (AvgIpc) is 2.50. The third-order valence-corrected chi connectivity index (χ3v) is 4.38. The number of halogens is 1. The Morgan fingerprint density at radius 1 is 1.33 bits per heavy atom. The minimum atomic E-state index is -0.344. The van der Waals surface area contributed by atoms with Crippen LogP contribution in [0.3, 0.4) is 0 Å². The predicted molar refractivity (Wildman–Crippen MR) is 97.5 cm³/mol. The molecule has 2 N–H and O–H groups in total. The zero-order valence-corrected chi connectivity index (χ0v) is 15.6. The number of carbonyl (C=O) groups excluding carboxylic acids is 1. The molecule has 136 valence electrons. The number of likely N-dealkylation sites (tertiary alicyclic amines) is 1. The van der Waals surface area contributed by atoms with Gasteiger partial charge in [-0.15, -0.1) is 12.4 Å². The van der Waals surface area contributed by atoms with E-state index in [2.05, 4.69) is 18.7 Å². The highest BCUT2D eigenvalue weighted by molar-refractivity contribution is 5.85. The van der Waals surface area contributed by atoms with Gasteiger partial charge in [0.1, 0.15) is 5.75 Å². The number of hydrogen-bond acceptors (Lipinski definition) is 5. The third-order valence-electron chi connectivity index (χ3n) is 4.38. The molecule has 6 heteroatoms. The Kier molecular flexibility index (Phi) is 8.00. The highest BCUT2D eigenvalue weighted by Crippen LogP contribution is 2.28. The van der Waals surface area contributed by atoms with E-state index >= 15 is 0 Å². The second-order valence-electron chi connectivity index (χ2n) is 6.83. The van der Waals surface area contributed by atoms with Crippen molar-refractivity contribution >= 4 is 18.4 Å². The highest BCUT2D eigenvalue weighted by atomic mass is 35.5. The summed E-state index contributed by atoms with van der Waals surface area (Å²) in [5.74, 6) is 0.339. The van der Waals surface area contributed by atoms with Gasteiger partial charge < -0.3 is 15.2 Å². The monoisotopic (exact) mass is 356 g/mol. The third kappa shape index (κ3) is 5.96. The molecule has 1 aromatic carbocycles. The van der Waals surface area contributed by atoms with Crippen LogP contribution >= 0.6 is 12.4 Å². The Hall–Kier alpha value is -1.30. The van der Waals surface area contributed by atoms with Gasteiger partial charge in [-0.3, -0.25) is 4.90 Å². The van der Waals surface area contributed by atoms with E-state index in [1.807, 2.05) is 24.3 Å². The molecule has 0 aromatic heterocycles. The van der Waals surface area contributed by atoms with Gasteiger partial charge in [-0.2, -0.15) is 0 Å². The summed E-state index contributed by atoms with van der Waals surface area (Å²) < 4.78 is 10.2. The second kappa shape index (κ2) is 9.25. The number of rotatable bonds is 6. The number of hydrogen-bond donors (Lipinski definition) is 1. The molecule has 1 atom stereocenters. The Bertz CT molecular complexity index is 520. The van der Waals surface area contributed by atoms with Crippen molar-refractivity contribution < 1.29 is 14.3 Å². The van der Waals surface area contributed by atoms with Crippen LogP contribution in [0.4, 0.5) is 0 Å². The van der Waals surface area contributed by atoms with Gasteiger partial charge in [0.05, 0.1) is 6.61 Å². The molecular weight excluding hydrogens is 328 g/mol. The number of carbonyl (C=O) groups is 1. The standard InChI is InChI=1S/C18H28N2O3.ClH/c1-4-22-17(21)12-23-15-7-5-14(6-8-15)11-20-10-9-16(19)18(2,3)13-20;/h5-8,16H,4,9-13,19H2,1-3H3;1H. The average molecular weight is 357 g/mol. The van der Waals surface area contributed by atoms with Crippen LogP contribution in [0, 0.1) is 5.41 Å². The van der Waals surface area contributed by atoms with E-state index in [0.29, 0.717) is 12.4 Å². The summed E-state index contributed by atoms with van der Waals surface area (Å²) >= 11 is 0. The van der Waals surface area contributed by atoms with Crippen LogP contribution in [0.1, 0.15) is 32.8 Å². The summed E-state index contributed by atoms with van der Waals surface area (Å²) in [4.78, 5) is 13.7. The molecule has 0 amide bonds. The SMILES string of the molecule is CCOC(=O)COc1ccc(CN2CCC(N)C(C)(C)C2)cc1.Cl. The van der Waals surface area contributed by atoms with Crippen LogP contribution in [0.15, 0.2) is 24.3 Å². The molecule has 1 aromatic rings. The maximum Gasteiger partial charge on any atom is 0.344 e. The van der Waals surface area contributed by atoms with E-state index in [0.717, 1.165) is 26.1 Å². The summed E-state index contributed by atoms with van der Waals surface area (Å²) in [5.41, 5.74) is 7.58. The zero-order valence-electron chi connectivity index (χ0n) is 14.8. The quantitative estimate of drug-likeness (QED) is 0.794. The summed E-state index contributed by atoms with van der Waals surface area (Å²) in [6.07, 6.45) is 1.04. The molecule has 2 rings (SSSR count). The lowest BCUT2D eigenvalue weighted by Gasteiger charge is -2.42. The smallest absolute Gasteiger partial charge is 0.344 e. The highest BCUT2D eigenvalue weighted by Gasteiger charge is 2.33. The van der Waals surface area contributed by atoms with E-state index in [-0.39, 0.29) is 36.4 Å². The molecule has 1 saturated heterocycles. The molecule has 0 saturated carbocycles. The lowest BCUT2D eigenvalue weighted by Crippen LogP contribution is -2.52. The maximum absolute atomic E-state index is 11.3. The molecule has 0 aliphatic carbocycles. The van der Waals surface area contributed by atoms with Crippen molar-refractivity contribution in [3.63, 3.8) is 0 Å². The summed E-state index contributed by atoms with van der Waals surface area (Å²) in [6.45, 7) is 9.52. The Morgan fingerprint density at radius 2 is 2.00 bits per heavy atom. The molecule has 1 aliphatic heterocycles. The van der Waals surface area contributed by atoms with Crippen LogP contribution < -0.4 is 10.5 Å². The first kappa shape index (κ1) is 20.7. The van der Waals surface area contributed by atoms with Gasteiger partial charge in [0.15, 0.2) is 6.61 Å². The molecule has 1 aliphatic rings. The summed E-state index contributed by atoms with van der Waals surface area (Å²) in [6, 6.07) is 8.16. The molecule has 1 unspecified atom stereocenters. The number of nitrogens with two attached hydrogens (primary N) is 1. The van der Waals surface area contributed by atoms with E-state index in [1.54, 1.807) is 6.92 Å². The molecular formula is C18H29ClN2O3. The molecule has 1 heterocycles. The normalized spacial score (nSPS) is 20.1. The molecule has 24 heavy (non-hydrogen) atoms. The molecule has 0 radical (unpaired) electrons. The first-order valence-electron chi connectivity index (χ1n) is 8.26. The van der Waals surface area contributed by atoms with Gasteiger partial charge in [-0.1, -0.05) is 26.0 Å². The first-order valence-corrected chi connectivity index (χ1v) is 8.26. The molecule has 5 nitrogen and oxygen atoms in total. The second-order valence-corrected chi connectivity index (χ2v) is 6.83. The van der Waals surface area contributed by atoms with E-state index < -0.39 is 0 Å². The van der Waals surface area contributed by atoms with Crippen molar-refractivity contribution in [2.45, 2.75) is 39.8 Å². The molecule has 0 spiro atoms. The van der Waals surface area contributed by atoms with Gasteiger partial charge in [-0.25, -0.2) is 4.79 Å². The number of esters is 1. The van der Waals surface area contributed by atoms with Gasteiger partial charge >= 0.3 is 5.97 Å². The van der Waals surface area contributed by atoms with Crippen LogP contribution in [0.25, 0.3) is 0 Å². The van der Waals surface area contributed by atoms with Crippen molar-refractivity contribution in [2.75, 3.05) is 26.3 Å². The maximum atomic E-state index is 11.3. The van der Waals surface area contributed by atoms with Crippen molar-refractivity contribution in [3.05, 3.63) is 29.8 Å². The molecule has 1 fully saturated rings. The number of ether oxygens (including phenoxy) is 2. The van der Waals surface area contributed by atoms with Crippen molar-refractivity contribution in [1.82, 2.24) is 4.90 Å². The van der Waals surface area contributed by atoms with E-state index in [1.165, 1.54) is 5.56 Å². The predicted octanol–water partition coefficient (Wildman–Crippen LogP) is 2.61. The van der Waals surface area contributed by atoms with Gasteiger partial charge in [0.25, 0.3) is 0 Å². The zero-order chi connectivity index (χ0) is 16.9. The summed E-state index contributed by atoms with van der Waals surface area (Å²) in [7, 11) is 0. The van der Waals surface area contributed by atoms with E-state index in [4.69, 9.17) is 15.2 Å². The fourth-order valence-electron chi connectivity index (χ4n) is 2.91.